The van der Waals surface area contributed by atoms with Crippen molar-refractivity contribution in [1.82, 2.24) is 0 Å². The Kier molecular flexibility index (Phi) is 4.43. The summed E-state index contributed by atoms with van der Waals surface area (Å²) in [6.45, 7) is 3.10. The highest BCUT2D eigenvalue weighted by molar-refractivity contribution is 9.10. The second-order valence-corrected chi connectivity index (χ2v) is 5.53. The van der Waals surface area contributed by atoms with Gasteiger partial charge in [0.1, 0.15) is 5.82 Å². The molecule has 1 aromatic carbocycles. The topological polar surface area (TPSA) is 3.24 Å². The van der Waals surface area contributed by atoms with E-state index in [0.29, 0.717) is 10.5 Å². The second kappa shape index (κ2) is 5.85. The first-order chi connectivity index (χ1) is 8.22. The third-order valence-electron chi connectivity index (χ3n) is 3.59. The molecule has 0 bridgehead atoms. The Hall–Kier alpha value is -0.570. The highest BCUT2D eigenvalue weighted by Gasteiger charge is 2.20. The number of hydrogen-bond acceptors (Lipinski definition) is 1. The number of hydrogen-bond donors (Lipinski definition) is 0. The Bertz CT molecular complexity index is 374. The van der Waals surface area contributed by atoms with Crippen molar-refractivity contribution in [2.24, 2.45) is 0 Å². The molecule has 1 aliphatic rings. The zero-order valence-corrected chi connectivity index (χ0v) is 11.8. The van der Waals surface area contributed by atoms with Gasteiger partial charge in [0.15, 0.2) is 0 Å². The number of anilines is 1. The van der Waals surface area contributed by atoms with Gasteiger partial charge in [-0.25, -0.2) is 4.39 Å². The minimum Gasteiger partial charge on any atom is -0.369 e. The van der Waals surface area contributed by atoms with Crippen molar-refractivity contribution in [3.05, 3.63) is 28.5 Å². The molecule has 2 rings (SSSR count). The number of halogens is 2. The standard InChI is InChI=1S/C14H19BrFN/c1-2-17(11-6-4-3-5-7-11)12-8-9-13(15)14(16)10-12/h8-11H,2-7H2,1H3. The lowest BCUT2D eigenvalue weighted by Gasteiger charge is -2.35. The average molecular weight is 300 g/mol. The van der Waals surface area contributed by atoms with Gasteiger partial charge >= 0.3 is 0 Å². The molecule has 0 aliphatic heterocycles. The Morgan fingerprint density at radius 1 is 1.29 bits per heavy atom. The van der Waals surface area contributed by atoms with Crippen LogP contribution in [0.15, 0.2) is 22.7 Å². The summed E-state index contributed by atoms with van der Waals surface area (Å²) in [6.07, 6.45) is 6.44. The van der Waals surface area contributed by atoms with Crippen molar-refractivity contribution in [3.63, 3.8) is 0 Å². The first kappa shape index (κ1) is 12.9. The minimum absolute atomic E-state index is 0.170. The molecule has 1 aliphatic carbocycles. The minimum atomic E-state index is -0.170. The predicted octanol–water partition coefficient (Wildman–Crippen LogP) is 4.75. The molecule has 1 saturated carbocycles. The van der Waals surface area contributed by atoms with Crippen LogP contribution in [0.4, 0.5) is 10.1 Å². The summed E-state index contributed by atoms with van der Waals surface area (Å²) < 4.78 is 14.1. The number of benzene rings is 1. The quantitative estimate of drug-likeness (QED) is 0.779. The van der Waals surface area contributed by atoms with Gasteiger partial charge in [-0.3, -0.25) is 0 Å². The molecule has 0 aromatic heterocycles. The molecule has 0 saturated heterocycles. The highest BCUT2D eigenvalue weighted by atomic mass is 79.9. The molecule has 94 valence electrons. The van der Waals surface area contributed by atoms with Crippen molar-refractivity contribution in [2.75, 3.05) is 11.4 Å². The van der Waals surface area contributed by atoms with E-state index < -0.39 is 0 Å². The summed E-state index contributed by atoms with van der Waals surface area (Å²) in [5.41, 5.74) is 1.01. The lowest BCUT2D eigenvalue weighted by molar-refractivity contribution is 0.418. The number of nitrogens with zero attached hydrogens (tertiary/aromatic N) is 1. The van der Waals surface area contributed by atoms with Crippen LogP contribution in [0.25, 0.3) is 0 Å². The fourth-order valence-corrected chi connectivity index (χ4v) is 2.95. The van der Waals surface area contributed by atoms with Crippen LogP contribution in [0.2, 0.25) is 0 Å². The fraction of sp³-hybridized carbons (Fsp3) is 0.571. The second-order valence-electron chi connectivity index (χ2n) is 4.68. The molecule has 0 N–H and O–H groups in total. The maximum Gasteiger partial charge on any atom is 0.139 e. The molecule has 0 amide bonds. The SMILES string of the molecule is CCN(c1ccc(Br)c(F)c1)C1CCCCC1. The monoisotopic (exact) mass is 299 g/mol. The molecule has 0 radical (unpaired) electrons. The Morgan fingerprint density at radius 2 is 2.00 bits per heavy atom. The third-order valence-corrected chi connectivity index (χ3v) is 4.23. The van der Waals surface area contributed by atoms with E-state index in [4.69, 9.17) is 0 Å². The van der Waals surface area contributed by atoms with Gasteiger partial charge in [0.05, 0.1) is 4.47 Å². The largest absolute Gasteiger partial charge is 0.369 e. The molecule has 1 fully saturated rings. The van der Waals surface area contributed by atoms with Crippen molar-refractivity contribution in [3.8, 4) is 0 Å². The van der Waals surface area contributed by atoms with Gasteiger partial charge in [0.25, 0.3) is 0 Å². The van der Waals surface area contributed by atoms with E-state index in [2.05, 4.69) is 27.8 Å². The van der Waals surface area contributed by atoms with E-state index in [-0.39, 0.29) is 5.82 Å². The van der Waals surface area contributed by atoms with Gasteiger partial charge in [0, 0.05) is 18.3 Å². The third kappa shape index (κ3) is 3.01. The summed E-state index contributed by atoms with van der Waals surface area (Å²) in [4.78, 5) is 2.34. The van der Waals surface area contributed by atoms with E-state index >= 15 is 0 Å². The molecule has 1 nitrogen and oxygen atoms in total. The summed E-state index contributed by atoms with van der Waals surface area (Å²) >= 11 is 3.20. The van der Waals surface area contributed by atoms with Crippen LogP contribution in [-0.4, -0.2) is 12.6 Å². The highest BCUT2D eigenvalue weighted by Crippen LogP contribution is 2.29. The van der Waals surface area contributed by atoms with Gasteiger partial charge in [-0.2, -0.15) is 0 Å². The van der Waals surface area contributed by atoms with Crippen LogP contribution in [0.3, 0.4) is 0 Å². The number of rotatable bonds is 3. The maximum absolute atomic E-state index is 13.6. The van der Waals surface area contributed by atoms with E-state index in [1.54, 1.807) is 12.1 Å². The summed E-state index contributed by atoms with van der Waals surface area (Å²) in [7, 11) is 0. The fourth-order valence-electron chi connectivity index (χ4n) is 2.71. The van der Waals surface area contributed by atoms with Gasteiger partial charge in [0.2, 0.25) is 0 Å². The summed E-state index contributed by atoms with van der Waals surface area (Å²) in [5.74, 6) is -0.170. The Morgan fingerprint density at radius 3 is 2.59 bits per heavy atom. The van der Waals surface area contributed by atoms with Crippen molar-refractivity contribution in [1.29, 1.82) is 0 Å². The van der Waals surface area contributed by atoms with E-state index in [0.717, 1.165) is 12.2 Å². The van der Waals surface area contributed by atoms with Crippen LogP contribution >= 0.6 is 15.9 Å². The molecule has 17 heavy (non-hydrogen) atoms. The van der Waals surface area contributed by atoms with Gasteiger partial charge < -0.3 is 4.90 Å². The smallest absolute Gasteiger partial charge is 0.139 e. The normalized spacial score (nSPS) is 17.1. The van der Waals surface area contributed by atoms with Crippen molar-refractivity contribution < 1.29 is 4.39 Å². The van der Waals surface area contributed by atoms with Gasteiger partial charge in [-0.1, -0.05) is 19.3 Å². The van der Waals surface area contributed by atoms with Crippen LogP contribution < -0.4 is 4.90 Å². The molecular weight excluding hydrogens is 281 g/mol. The zero-order valence-electron chi connectivity index (χ0n) is 10.3. The van der Waals surface area contributed by atoms with Crippen LogP contribution in [0.5, 0.6) is 0 Å². The van der Waals surface area contributed by atoms with E-state index in [1.165, 1.54) is 32.1 Å². The zero-order chi connectivity index (χ0) is 12.3. The Labute approximate surface area is 111 Å². The lowest BCUT2D eigenvalue weighted by atomic mass is 9.94. The molecular formula is C14H19BrFN. The Balaban J connectivity index is 2.18. The van der Waals surface area contributed by atoms with Gasteiger partial charge in [-0.15, -0.1) is 0 Å². The average Bonchev–Trinajstić information content (AvgIpc) is 2.36. The molecule has 3 heteroatoms. The van der Waals surface area contributed by atoms with Crippen molar-refractivity contribution in [2.45, 2.75) is 45.1 Å². The van der Waals surface area contributed by atoms with Crippen LogP contribution in [0, 0.1) is 5.82 Å². The van der Waals surface area contributed by atoms with E-state index in [1.807, 2.05) is 6.07 Å². The molecule has 0 spiro atoms. The first-order valence-electron chi connectivity index (χ1n) is 6.44. The van der Waals surface area contributed by atoms with Crippen molar-refractivity contribution >= 4 is 21.6 Å². The summed E-state index contributed by atoms with van der Waals surface area (Å²) in [5, 5.41) is 0. The molecule has 0 heterocycles. The summed E-state index contributed by atoms with van der Waals surface area (Å²) in [6, 6.07) is 6.04. The molecule has 0 atom stereocenters. The van der Waals surface area contributed by atoms with Crippen LogP contribution in [-0.2, 0) is 0 Å². The van der Waals surface area contributed by atoms with E-state index in [9.17, 15) is 4.39 Å². The molecule has 1 aromatic rings. The predicted molar refractivity (Wildman–Crippen MR) is 74.0 cm³/mol. The van der Waals surface area contributed by atoms with Crippen LogP contribution in [0.1, 0.15) is 39.0 Å². The maximum atomic E-state index is 13.6. The molecule has 0 unspecified atom stereocenters. The lowest BCUT2D eigenvalue weighted by Crippen LogP contribution is -2.36. The van der Waals surface area contributed by atoms with Gasteiger partial charge in [-0.05, 0) is 53.9 Å². The first-order valence-corrected chi connectivity index (χ1v) is 7.23.